The summed E-state index contributed by atoms with van der Waals surface area (Å²) in [4.78, 5) is 0. The van der Waals surface area contributed by atoms with Crippen molar-refractivity contribution in [1.29, 1.82) is 0 Å². The van der Waals surface area contributed by atoms with E-state index in [4.69, 9.17) is 4.74 Å². The van der Waals surface area contributed by atoms with Crippen LogP contribution in [0.15, 0.2) is 48.5 Å². The average molecular weight is 356 g/mol. The molecular weight excluding hydrogens is 327 g/mol. The van der Waals surface area contributed by atoms with Crippen molar-refractivity contribution in [2.24, 2.45) is 0 Å². The molecule has 1 nitrogen and oxygen atoms in total. The molecule has 3 aromatic carbocycles. The smallest absolute Gasteiger partial charge is 0.247 e. The van der Waals surface area contributed by atoms with Crippen LogP contribution in [0.2, 0.25) is 0 Å². The summed E-state index contributed by atoms with van der Waals surface area (Å²) >= 11 is 0. The molecule has 2 heteroatoms. The van der Waals surface area contributed by atoms with Crippen LogP contribution >= 0.6 is 0 Å². The number of benzene rings is 3. The molecule has 0 saturated heterocycles. The second-order valence-electron chi connectivity index (χ2n) is 7.80. The van der Waals surface area contributed by atoms with Crippen molar-refractivity contribution in [3.8, 4) is 5.75 Å². The maximum absolute atomic E-state index is 5.78. The molecule has 0 aliphatic carbocycles. The Hall–Kier alpha value is -2.48. The molecule has 0 fully saturated rings. The van der Waals surface area contributed by atoms with Crippen LogP contribution < -0.4 is 21.1 Å². The Bertz CT molecular complexity index is 884. The number of ether oxygens (including phenoxy) is 1. The molecule has 0 N–H and O–H groups in total. The molecule has 0 amide bonds. The fourth-order valence-corrected chi connectivity index (χ4v) is 4.65. The number of aryl methyl sites for hydroxylation is 6. The van der Waals surface area contributed by atoms with E-state index in [2.05, 4.69) is 84.0 Å². The fourth-order valence-electron chi connectivity index (χ4n) is 4.65. The van der Waals surface area contributed by atoms with Crippen LogP contribution in [-0.4, -0.2) is 13.8 Å². The Morgan fingerprint density at radius 2 is 1.04 bits per heavy atom. The highest BCUT2D eigenvalue weighted by Crippen LogP contribution is 2.16. The van der Waals surface area contributed by atoms with Crippen molar-refractivity contribution in [2.45, 2.75) is 41.5 Å². The minimum Gasteiger partial charge on any atom is -0.497 e. The predicted molar refractivity (Wildman–Crippen MR) is 119 cm³/mol. The van der Waals surface area contributed by atoms with Gasteiger partial charge in [-0.15, -0.1) is 0 Å². The van der Waals surface area contributed by atoms with E-state index in [9.17, 15) is 0 Å². The van der Waals surface area contributed by atoms with Crippen molar-refractivity contribution in [2.75, 3.05) is 7.11 Å². The lowest BCUT2D eigenvalue weighted by Crippen LogP contribution is -2.56. The first-order valence-electron chi connectivity index (χ1n) is 9.62. The van der Waals surface area contributed by atoms with Gasteiger partial charge >= 0.3 is 0 Å². The van der Waals surface area contributed by atoms with E-state index in [0.29, 0.717) is 0 Å². The molecule has 0 radical (unpaired) electrons. The van der Waals surface area contributed by atoms with E-state index in [1.165, 1.54) is 49.8 Å². The lowest BCUT2D eigenvalue weighted by atomic mass is 9.34. The zero-order chi connectivity index (χ0) is 19.7. The van der Waals surface area contributed by atoms with E-state index >= 15 is 0 Å². The van der Waals surface area contributed by atoms with Crippen molar-refractivity contribution in [3.63, 3.8) is 0 Å². The van der Waals surface area contributed by atoms with Crippen molar-refractivity contribution in [1.82, 2.24) is 0 Å². The predicted octanol–water partition coefficient (Wildman–Crippen LogP) is 4.06. The van der Waals surface area contributed by atoms with Crippen LogP contribution in [0.1, 0.15) is 33.4 Å². The van der Waals surface area contributed by atoms with E-state index < -0.39 is 0 Å². The first-order chi connectivity index (χ1) is 12.8. The van der Waals surface area contributed by atoms with Gasteiger partial charge in [0, 0.05) is 0 Å². The number of rotatable bonds is 4. The lowest BCUT2D eigenvalue weighted by Gasteiger charge is -2.25. The van der Waals surface area contributed by atoms with Gasteiger partial charge in [-0.1, -0.05) is 86.8 Å². The van der Waals surface area contributed by atoms with Gasteiger partial charge in [0.15, 0.2) is 0 Å². The topological polar surface area (TPSA) is 9.23 Å². The highest BCUT2D eigenvalue weighted by Gasteiger charge is 2.30. The van der Waals surface area contributed by atoms with E-state index in [-0.39, 0.29) is 6.71 Å². The van der Waals surface area contributed by atoms with Crippen molar-refractivity contribution < 1.29 is 4.74 Å². The summed E-state index contributed by atoms with van der Waals surface area (Å²) in [5.41, 5.74) is 12.0. The molecule has 0 aliphatic rings. The first-order valence-corrected chi connectivity index (χ1v) is 9.62. The molecule has 0 heterocycles. The average Bonchev–Trinajstić information content (AvgIpc) is 2.58. The summed E-state index contributed by atoms with van der Waals surface area (Å²) < 4.78 is 5.78. The summed E-state index contributed by atoms with van der Waals surface area (Å²) in [7, 11) is 1.76. The molecule has 0 aromatic heterocycles. The van der Waals surface area contributed by atoms with Crippen LogP contribution in [-0.2, 0) is 0 Å². The molecular formula is C25H29BO. The van der Waals surface area contributed by atoms with Gasteiger partial charge in [0.05, 0.1) is 7.11 Å². The van der Waals surface area contributed by atoms with Crippen molar-refractivity contribution in [3.05, 3.63) is 81.9 Å². The minimum absolute atomic E-state index is 0.155. The summed E-state index contributed by atoms with van der Waals surface area (Å²) in [6.07, 6.45) is 0. The summed E-state index contributed by atoms with van der Waals surface area (Å²) in [6.45, 7) is 13.4. The van der Waals surface area contributed by atoms with Gasteiger partial charge in [-0.05, 0) is 53.1 Å². The molecule has 0 aliphatic heterocycles. The Labute approximate surface area is 164 Å². The third kappa shape index (κ3) is 3.67. The maximum atomic E-state index is 5.78. The molecule has 0 saturated carbocycles. The molecule has 0 unspecified atom stereocenters. The minimum atomic E-state index is 0.155. The lowest BCUT2D eigenvalue weighted by molar-refractivity contribution is 0.418. The van der Waals surface area contributed by atoms with Gasteiger partial charge in [0.2, 0.25) is 6.71 Å². The summed E-state index contributed by atoms with van der Waals surface area (Å²) in [5, 5.41) is 0. The summed E-state index contributed by atoms with van der Waals surface area (Å²) in [5.74, 6) is 0.946. The number of methoxy groups -OCH3 is 1. The Morgan fingerprint density at radius 3 is 1.44 bits per heavy atom. The number of hydrogen-bond acceptors (Lipinski definition) is 1. The van der Waals surface area contributed by atoms with Crippen LogP contribution in [0, 0.1) is 41.5 Å². The van der Waals surface area contributed by atoms with Crippen molar-refractivity contribution >= 4 is 23.1 Å². The van der Waals surface area contributed by atoms with Gasteiger partial charge in [-0.3, -0.25) is 0 Å². The third-order valence-corrected chi connectivity index (χ3v) is 5.50. The monoisotopic (exact) mass is 356 g/mol. The quantitative estimate of drug-likeness (QED) is 0.641. The summed E-state index contributed by atoms with van der Waals surface area (Å²) in [6, 6.07) is 17.6. The normalized spacial score (nSPS) is 10.8. The molecule has 138 valence electrons. The Balaban J connectivity index is 2.40. The Morgan fingerprint density at radius 1 is 0.630 bits per heavy atom. The highest BCUT2D eigenvalue weighted by atomic mass is 16.5. The zero-order valence-electron chi connectivity index (χ0n) is 17.6. The first kappa shape index (κ1) is 19.3. The highest BCUT2D eigenvalue weighted by molar-refractivity contribution is 6.97. The SMILES string of the molecule is COc1ccccc1B(c1c(C)cc(C)cc1C)c1c(C)cc(C)cc1C. The van der Waals surface area contributed by atoms with Crippen LogP contribution in [0.4, 0.5) is 0 Å². The van der Waals surface area contributed by atoms with Crippen LogP contribution in [0.5, 0.6) is 5.75 Å². The van der Waals surface area contributed by atoms with Crippen LogP contribution in [0.25, 0.3) is 0 Å². The van der Waals surface area contributed by atoms with Crippen LogP contribution in [0.3, 0.4) is 0 Å². The standard InChI is InChI=1S/C25H29BO/c1-16-12-18(3)24(19(4)13-16)26(22-10-8-9-11-23(22)27-7)25-20(5)14-17(2)15-21(25)6/h8-15H,1-7H3. The zero-order valence-corrected chi connectivity index (χ0v) is 17.6. The number of hydrogen-bond donors (Lipinski definition) is 0. The van der Waals surface area contributed by atoms with Gasteiger partial charge < -0.3 is 4.74 Å². The molecule has 3 rings (SSSR count). The second kappa shape index (κ2) is 7.64. The molecule has 3 aromatic rings. The van der Waals surface area contributed by atoms with Gasteiger partial charge in [0.1, 0.15) is 5.75 Å². The molecule has 0 atom stereocenters. The molecule has 0 bridgehead atoms. The van der Waals surface area contributed by atoms with E-state index in [1.807, 2.05) is 6.07 Å². The second-order valence-corrected chi connectivity index (χ2v) is 7.80. The largest absolute Gasteiger partial charge is 0.497 e. The maximum Gasteiger partial charge on any atom is 0.247 e. The molecule has 27 heavy (non-hydrogen) atoms. The third-order valence-electron chi connectivity index (χ3n) is 5.50. The van der Waals surface area contributed by atoms with Gasteiger partial charge in [-0.25, -0.2) is 0 Å². The van der Waals surface area contributed by atoms with Gasteiger partial charge in [-0.2, -0.15) is 0 Å². The van der Waals surface area contributed by atoms with E-state index in [0.717, 1.165) is 5.75 Å². The van der Waals surface area contributed by atoms with E-state index in [1.54, 1.807) is 7.11 Å². The van der Waals surface area contributed by atoms with Gasteiger partial charge in [0.25, 0.3) is 0 Å². The Kier molecular flexibility index (Phi) is 5.46. The number of para-hydroxylation sites is 1. The molecule has 0 spiro atoms. The fraction of sp³-hybridized carbons (Fsp3) is 0.280.